The van der Waals surface area contributed by atoms with E-state index < -0.39 is 10.0 Å². The molecule has 9 heteroatoms. The minimum atomic E-state index is -3.61. The molecule has 1 heterocycles. The molecule has 0 fully saturated rings. The van der Waals surface area contributed by atoms with Gasteiger partial charge in [-0.3, -0.25) is 4.68 Å². The summed E-state index contributed by atoms with van der Waals surface area (Å²) in [6.07, 6.45) is 1.94. The van der Waals surface area contributed by atoms with Crippen molar-refractivity contribution in [2.24, 2.45) is 7.05 Å². The highest BCUT2D eigenvalue weighted by Crippen LogP contribution is 2.14. The lowest BCUT2D eigenvalue weighted by Gasteiger charge is -2.06. The number of rotatable bonds is 9. The van der Waals surface area contributed by atoms with E-state index >= 15 is 0 Å². The van der Waals surface area contributed by atoms with Crippen molar-refractivity contribution >= 4 is 15.8 Å². The van der Waals surface area contributed by atoms with Crippen molar-refractivity contribution in [3.63, 3.8) is 0 Å². The molecule has 0 aliphatic carbocycles. The van der Waals surface area contributed by atoms with Gasteiger partial charge in [0.1, 0.15) is 4.90 Å². The number of aryl methyl sites for hydroxylation is 1. The number of sulfonamides is 1. The van der Waals surface area contributed by atoms with Gasteiger partial charge in [0.05, 0.1) is 13.2 Å². The average molecular weight is 292 g/mol. The van der Waals surface area contributed by atoms with Crippen molar-refractivity contribution in [2.45, 2.75) is 11.3 Å². The lowest BCUT2D eigenvalue weighted by Crippen LogP contribution is -2.26. The standard InChI is InChI=1S/C10H20N4O4S/c1-14-8-9(10(11)13-14)19(15,16)12-4-3-5-18-7-6-17-2/h8,12H,3-7H2,1-2H3,(H2,11,13). The molecule has 0 aliphatic heterocycles. The topological polar surface area (TPSA) is 108 Å². The predicted molar refractivity (Wildman–Crippen MR) is 70.1 cm³/mol. The van der Waals surface area contributed by atoms with Gasteiger partial charge in [-0.25, -0.2) is 13.1 Å². The highest BCUT2D eigenvalue weighted by molar-refractivity contribution is 7.89. The van der Waals surface area contributed by atoms with Crippen molar-refractivity contribution in [1.29, 1.82) is 0 Å². The fraction of sp³-hybridized carbons (Fsp3) is 0.700. The number of aromatic nitrogens is 2. The first-order valence-electron chi connectivity index (χ1n) is 5.83. The second-order valence-electron chi connectivity index (χ2n) is 3.91. The summed E-state index contributed by atoms with van der Waals surface area (Å²) >= 11 is 0. The van der Waals surface area contributed by atoms with Crippen molar-refractivity contribution in [3.8, 4) is 0 Å². The van der Waals surface area contributed by atoms with Crippen LogP contribution in [-0.2, 0) is 26.5 Å². The van der Waals surface area contributed by atoms with E-state index in [0.29, 0.717) is 26.2 Å². The van der Waals surface area contributed by atoms with Gasteiger partial charge < -0.3 is 15.2 Å². The molecule has 110 valence electrons. The molecular formula is C10H20N4O4S. The van der Waals surface area contributed by atoms with Crippen molar-refractivity contribution in [2.75, 3.05) is 39.2 Å². The third-order valence-corrected chi connectivity index (χ3v) is 3.78. The summed E-state index contributed by atoms with van der Waals surface area (Å²) in [6, 6.07) is 0. The lowest BCUT2D eigenvalue weighted by atomic mass is 10.5. The Bertz CT molecular complexity index is 486. The van der Waals surface area contributed by atoms with Gasteiger partial charge in [-0.05, 0) is 6.42 Å². The lowest BCUT2D eigenvalue weighted by molar-refractivity contribution is 0.0699. The summed E-state index contributed by atoms with van der Waals surface area (Å²) in [7, 11) is -0.403. The van der Waals surface area contributed by atoms with Gasteiger partial charge in [0.2, 0.25) is 10.0 Å². The van der Waals surface area contributed by atoms with Gasteiger partial charge in [-0.15, -0.1) is 0 Å². The quantitative estimate of drug-likeness (QED) is 0.585. The Labute approximate surface area is 112 Å². The summed E-state index contributed by atoms with van der Waals surface area (Å²) in [4.78, 5) is -0.00435. The summed E-state index contributed by atoms with van der Waals surface area (Å²) in [5.74, 6) is -0.00801. The molecule has 0 atom stereocenters. The molecule has 0 amide bonds. The monoisotopic (exact) mass is 292 g/mol. The van der Waals surface area contributed by atoms with E-state index in [1.807, 2.05) is 0 Å². The molecule has 3 N–H and O–H groups in total. The van der Waals surface area contributed by atoms with E-state index in [0.717, 1.165) is 0 Å². The molecule has 1 aromatic rings. The predicted octanol–water partition coefficient (Wildman–Crippen LogP) is -0.666. The van der Waals surface area contributed by atoms with Crippen LogP contribution in [0.25, 0.3) is 0 Å². The number of ether oxygens (including phenoxy) is 2. The Morgan fingerprint density at radius 1 is 1.42 bits per heavy atom. The maximum absolute atomic E-state index is 11.9. The molecule has 19 heavy (non-hydrogen) atoms. The van der Waals surface area contributed by atoms with Gasteiger partial charge in [0, 0.05) is 33.5 Å². The molecule has 0 unspecified atom stereocenters. The molecule has 1 rings (SSSR count). The van der Waals surface area contributed by atoms with E-state index in [-0.39, 0.29) is 17.3 Å². The van der Waals surface area contributed by atoms with Crippen LogP contribution in [0.3, 0.4) is 0 Å². The molecule has 0 saturated heterocycles. The van der Waals surface area contributed by atoms with Gasteiger partial charge in [-0.1, -0.05) is 0 Å². The van der Waals surface area contributed by atoms with Crippen LogP contribution in [0.2, 0.25) is 0 Å². The molecule has 8 nitrogen and oxygen atoms in total. The van der Waals surface area contributed by atoms with Crippen LogP contribution in [0.5, 0.6) is 0 Å². The molecule has 0 radical (unpaired) electrons. The third kappa shape index (κ3) is 5.15. The normalized spacial score (nSPS) is 11.9. The fourth-order valence-corrected chi connectivity index (χ4v) is 2.57. The number of nitrogens with two attached hydrogens (primary N) is 1. The number of nitrogens with zero attached hydrogens (tertiary/aromatic N) is 2. The number of anilines is 1. The molecule has 0 aromatic carbocycles. The fourth-order valence-electron chi connectivity index (χ4n) is 1.39. The number of nitrogens with one attached hydrogen (secondary N) is 1. The smallest absolute Gasteiger partial charge is 0.245 e. The summed E-state index contributed by atoms with van der Waals surface area (Å²) in [5.41, 5.74) is 5.52. The summed E-state index contributed by atoms with van der Waals surface area (Å²) in [5, 5.41) is 3.79. The molecule has 0 spiro atoms. The Balaban J connectivity index is 2.34. The third-order valence-electron chi connectivity index (χ3n) is 2.30. The summed E-state index contributed by atoms with van der Waals surface area (Å²) < 4.78 is 37.6. The van der Waals surface area contributed by atoms with Gasteiger partial charge in [-0.2, -0.15) is 5.10 Å². The first kappa shape index (κ1) is 15.9. The van der Waals surface area contributed by atoms with E-state index in [9.17, 15) is 8.42 Å². The summed E-state index contributed by atoms with van der Waals surface area (Å²) in [6.45, 7) is 1.77. The first-order valence-corrected chi connectivity index (χ1v) is 7.31. The van der Waals surface area contributed by atoms with Crippen LogP contribution in [0.15, 0.2) is 11.1 Å². The number of nitrogen functional groups attached to an aromatic ring is 1. The van der Waals surface area contributed by atoms with Crippen LogP contribution in [0.4, 0.5) is 5.82 Å². The molecule has 1 aromatic heterocycles. The second kappa shape index (κ2) is 7.43. The average Bonchev–Trinajstić information content (AvgIpc) is 2.68. The number of methoxy groups -OCH3 is 1. The molecule has 0 saturated carbocycles. The highest BCUT2D eigenvalue weighted by atomic mass is 32.2. The Hall–Kier alpha value is -1.16. The van der Waals surface area contributed by atoms with E-state index in [1.165, 1.54) is 10.9 Å². The molecule has 0 aliphatic rings. The minimum absolute atomic E-state index is 0.00435. The van der Waals surface area contributed by atoms with Crippen molar-refractivity contribution in [1.82, 2.24) is 14.5 Å². The first-order chi connectivity index (χ1) is 8.97. The zero-order valence-electron chi connectivity index (χ0n) is 11.1. The van der Waals surface area contributed by atoms with Crippen LogP contribution in [-0.4, -0.2) is 51.7 Å². The maximum atomic E-state index is 11.9. The zero-order chi connectivity index (χ0) is 14.3. The van der Waals surface area contributed by atoms with Crippen molar-refractivity contribution in [3.05, 3.63) is 6.20 Å². The van der Waals surface area contributed by atoms with Gasteiger partial charge in [0.15, 0.2) is 5.82 Å². The van der Waals surface area contributed by atoms with Crippen LogP contribution < -0.4 is 10.5 Å². The van der Waals surface area contributed by atoms with E-state index in [2.05, 4.69) is 9.82 Å². The number of hydrogen-bond donors (Lipinski definition) is 2. The van der Waals surface area contributed by atoms with E-state index in [1.54, 1.807) is 14.2 Å². The zero-order valence-corrected chi connectivity index (χ0v) is 11.9. The maximum Gasteiger partial charge on any atom is 0.245 e. The SMILES string of the molecule is COCCOCCCNS(=O)(=O)c1cn(C)nc1N. The largest absolute Gasteiger partial charge is 0.382 e. The van der Waals surface area contributed by atoms with Crippen LogP contribution in [0, 0.1) is 0 Å². The van der Waals surface area contributed by atoms with Crippen LogP contribution >= 0.6 is 0 Å². The highest BCUT2D eigenvalue weighted by Gasteiger charge is 2.19. The minimum Gasteiger partial charge on any atom is -0.382 e. The Kier molecular flexibility index (Phi) is 6.22. The van der Waals surface area contributed by atoms with Crippen molar-refractivity contribution < 1.29 is 17.9 Å². The molecular weight excluding hydrogens is 272 g/mol. The molecule has 0 bridgehead atoms. The van der Waals surface area contributed by atoms with E-state index in [4.69, 9.17) is 15.2 Å². The van der Waals surface area contributed by atoms with Crippen LogP contribution in [0.1, 0.15) is 6.42 Å². The van der Waals surface area contributed by atoms with Gasteiger partial charge in [0.25, 0.3) is 0 Å². The second-order valence-corrected chi connectivity index (χ2v) is 5.64. The number of hydrogen-bond acceptors (Lipinski definition) is 6. The Morgan fingerprint density at radius 3 is 2.74 bits per heavy atom. The Morgan fingerprint density at radius 2 is 2.16 bits per heavy atom. The van der Waals surface area contributed by atoms with Gasteiger partial charge >= 0.3 is 0 Å².